The molecule has 0 aromatic carbocycles. The third kappa shape index (κ3) is 3.49. The Kier molecular flexibility index (Phi) is 3.75. The molecular formula is C9H9F3N4O. The standard InChI is InChI=1S/C9H9F3N4O/c1-3-5(2)17-7-4-6(9(10,11)12)14-8(15-7)16-13/h1,4-5H,13H2,2H3,(H,14,15,16). The third-order valence-electron chi connectivity index (χ3n) is 1.65. The largest absolute Gasteiger partial charge is 0.461 e. The van der Waals surface area contributed by atoms with Gasteiger partial charge in [0.1, 0.15) is 0 Å². The number of aromatic nitrogens is 2. The van der Waals surface area contributed by atoms with Crippen molar-refractivity contribution in [1.82, 2.24) is 9.97 Å². The second-order valence-electron chi connectivity index (χ2n) is 2.98. The summed E-state index contributed by atoms with van der Waals surface area (Å²) in [6.07, 6.45) is -0.297. The van der Waals surface area contributed by atoms with Gasteiger partial charge in [0.05, 0.1) is 0 Å². The predicted molar refractivity (Wildman–Crippen MR) is 53.8 cm³/mol. The van der Waals surface area contributed by atoms with Gasteiger partial charge in [-0.3, -0.25) is 5.43 Å². The molecule has 1 atom stereocenters. The first-order valence-electron chi connectivity index (χ1n) is 4.42. The Morgan fingerprint density at radius 3 is 2.65 bits per heavy atom. The Labute approximate surface area is 95.2 Å². The van der Waals surface area contributed by atoms with E-state index in [0.29, 0.717) is 6.07 Å². The highest BCUT2D eigenvalue weighted by Crippen LogP contribution is 2.30. The van der Waals surface area contributed by atoms with Gasteiger partial charge in [-0.1, -0.05) is 5.92 Å². The molecule has 1 heterocycles. The fourth-order valence-corrected chi connectivity index (χ4v) is 0.910. The van der Waals surface area contributed by atoms with E-state index < -0.39 is 23.9 Å². The maximum atomic E-state index is 12.4. The number of nitrogen functional groups attached to an aromatic ring is 1. The Bertz CT molecular complexity index is 441. The average Bonchev–Trinajstić information content (AvgIpc) is 2.27. The number of hydrogen-bond acceptors (Lipinski definition) is 5. The molecule has 92 valence electrons. The van der Waals surface area contributed by atoms with Gasteiger partial charge in [0.15, 0.2) is 11.8 Å². The predicted octanol–water partition coefficient (Wildman–Crippen LogP) is 1.18. The number of anilines is 1. The molecule has 8 heteroatoms. The summed E-state index contributed by atoms with van der Waals surface area (Å²) < 4.78 is 42.3. The Hall–Kier alpha value is -2.01. The molecule has 1 unspecified atom stereocenters. The summed E-state index contributed by atoms with van der Waals surface area (Å²) in [5.74, 6) is 6.45. The molecule has 1 aromatic heterocycles. The van der Waals surface area contributed by atoms with Crippen LogP contribution in [0.25, 0.3) is 0 Å². The van der Waals surface area contributed by atoms with Crippen LogP contribution in [0.3, 0.4) is 0 Å². The lowest BCUT2D eigenvalue weighted by molar-refractivity contribution is -0.141. The van der Waals surface area contributed by atoms with Crippen molar-refractivity contribution in [3.05, 3.63) is 11.8 Å². The van der Waals surface area contributed by atoms with Gasteiger partial charge in [0.2, 0.25) is 11.8 Å². The van der Waals surface area contributed by atoms with Crippen LogP contribution in [0.4, 0.5) is 19.1 Å². The Morgan fingerprint density at radius 1 is 1.53 bits per heavy atom. The third-order valence-corrected chi connectivity index (χ3v) is 1.65. The van der Waals surface area contributed by atoms with Crippen LogP contribution in [0.15, 0.2) is 6.07 Å². The van der Waals surface area contributed by atoms with Crippen molar-refractivity contribution in [2.75, 3.05) is 5.43 Å². The van der Waals surface area contributed by atoms with Crippen molar-refractivity contribution < 1.29 is 17.9 Å². The van der Waals surface area contributed by atoms with Crippen LogP contribution in [0.2, 0.25) is 0 Å². The number of rotatable bonds is 3. The van der Waals surface area contributed by atoms with Gasteiger partial charge in [0, 0.05) is 6.07 Å². The quantitative estimate of drug-likeness (QED) is 0.476. The molecule has 0 aliphatic rings. The number of nitrogens with two attached hydrogens (primary N) is 1. The molecule has 3 N–H and O–H groups in total. The number of hydrazine groups is 1. The number of ether oxygens (including phenoxy) is 1. The number of hydrogen-bond donors (Lipinski definition) is 2. The van der Waals surface area contributed by atoms with E-state index in [1.54, 1.807) is 0 Å². The van der Waals surface area contributed by atoms with E-state index in [-0.39, 0.29) is 5.88 Å². The molecule has 0 aliphatic heterocycles. The minimum Gasteiger partial charge on any atom is -0.461 e. The summed E-state index contributed by atoms with van der Waals surface area (Å²) >= 11 is 0. The second kappa shape index (κ2) is 4.88. The fourth-order valence-electron chi connectivity index (χ4n) is 0.910. The van der Waals surface area contributed by atoms with Crippen LogP contribution in [-0.4, -0.2) is 16.1 Å². The van der Waals surface area contributed by atoms with Crippen LogP contribution < -0.4 is 16.0 Å². The lowest BCUT2D eigenvalue weighted by Crippen LogP contribution is -2.17. The normalized spacial score (nSPS) is 12.7. The fraction of sp³-hybridized carbons (Fsp3) is 0.333. The molecule has 0 bridgehead atoms. The molecule has 0 radical (unpaired) electrons. The van der Waals surface area contributed by atoms with Crippen LogP contribution in [-0.2, 0) is 6.18 Å². The molecule has 0 saturated heterocycles. The van der Waals surface area contributed by atoms with Gasteiger partial charge in [0.25, 0.3) is 0 Å². The van der Waals surface area contributed by atoms with Crippen LogP contribution >= 0.6 is 0 Å². The number of halogens is 3. The van der Waals surface area contributed by atoms with Crippen molar-refractivity contribution in [2.24, 2.45) is 5.84 Å². The first-order valence-corrected chi connectivity index (χ1v) is 4.42. The van der Waals surface area contributed by atoms with Crippen LogP contribution in [0, 0.1) is 12.3 Å². The lowest BCUT2D eigenvalue weighted by atomic mass is 10.4. The summed E-state index contributed by atoms with van der Waals surface area (Å²) in [4.78, 5) is 6.74. The maximum Gasteiger partial charge on any atom is 0.433 e. The summed E-state index contributed by atoms with van der Waals surface area (Å²) in [5, 5.41) is 0. The molecule has 0 spiro atoms. The van der Waals surface area contributed by atoms with E-state index in [9.17, 15) is 13.2 Å². The Morgan fingerprint density at radius 2 is 2.18 bits per heavy atom. The molecule has 0 aliphatic carbocycles. The zero-order valence-corrected chi connectivity index (χ0v) is 8.75. The molecule has 0 saturated carbocycles. The van der Waals surface area contributed by atoms with Gasteiger partial charge in [-0.2, -0.15) is 18.2 Å². The summed E-state index contributed by atoms with van der Waals surface area (Å²) in [6, 6.07) is 0.647. The number of terminal acetylenes is 1. The number of nitrogens with one attached hydrogen (secondary N) is 1. The van der Waals surface area contributed by atoms with E-state index in [0.717, 1.165) is 0 Å². The SMILES string of the molecule is C#CC(C)Oc1cc(C(F)(F)F)nc(NN)n1. The van der Waals surface area contributed by atoms with Crippen molar-refractivity contribution in [3.63, 3.8) is 0 Å². The molecule has 17 heavy (non-hydrogen) atoms. The molecule has 0 amide bonds. The topological polar surface area (TPSA) is 73.1 Å². The molecular weight excluding hydrogens is 237 g/mol. The number of alkyl halides is 3. The molecule has 1 aromatic rings. The van der Waals surface area contributed by atoms with Gasteiger partial charge in [-0.15, -0.1) is 6.42 Å². The van der Waals surface area contributed by atoms with Crippen molar-refractivity contribution >= 4 is 5.95 Å². The van der Waals surface area contributed by atoms with Crippen molar-refractivity contribution in [1.29, 1.82) is 0 Å². The van der Waals surface area contributed by atoms with Gasteiger partial charge in [-0.05, 0) is 6.92 Å². The molecule has 0 fully saturated rings. The van der Waals surface area contributed by atoms with Crippen LogP contribution in [0.1, 0.15) is 12.6 Å². The van der Waals surface area contributed by atoms with Gasteiger partial charge in [-0.25, -0.2) is 10.8 Å². The van der Waals surface area contributed by atoms with Crippen LogP contribution in [0.5, 0.6) is 5.88 Å². The van der Waals surface area contributed by atoms with E-state index >= 15 is 0 Å². The van der Waals surface area contributed by atoms with E-state index in [2.05, 4.69) is 15.9 Å². The summed E-state index contributed by atoms with van der Waals surface area (Å²) in [6.45, 7) is 1.49. The highest BCUT2D eigenvalue weighted by atomic mass is 19.4. The second-order valence-corrected chi connectivity index (χ2v) is 2.98. The summed E-state index contributed by atoms with van der Waals surface area (Å²) in [7, 11) is 0. The highest BCUT2D eigenvalue weighted by molar-refractivity contribution is 5.31. The summed E-state index contributed by atoms with van der Waals surface area (Å²) in [5.41, 5.74) is 0.750. The monoisotopic (exact) mass is 246 g/mol. The smallest absolute Gasteiger partial charge is 0.433 e. The zero-order valence-electron chi connectivity index (χ0n) is 8.75. The number of nitrogens with zero attached hydrogens (tertiary/aromatic N) is 2. The maximum absolute atomic E-state index is 12.4. The minimum absolute atomic E-state index is 0.300. The van der Waals surface area contributed by atoms with E-state index in [1.165, 1.54) is 6.92 Å². The molecule has 1 rings (SSSR count). The zero-order chi connectivity index (χ0) is 13.1. The van der Waals surface area contributed by atoms with E-state index in [1.807, 2.05) is 5.43 Å². The Balaban J connectivity index is 3.11. The lowest BCUT2D eigenvalue weighted by Gasteiger charge is -2.12. The average molecular weight is 246 g/mol. The first-order chi connectivity index (χ1) is 7.86. The van der Waals surface area contributed by atoms with Gasteiger partial charge >= 0.3 is 6.18 Å². The van der Waals surface area contributed by atoms with Crippen molar-refractivity contribution in [2.45, 2.75) is 19.2 Å². The minimum atomic E-state index is -4.62. The van der Waals surface area contributed by atoms with Gasteiger partial charge < -0.3 is 4.74 Å². The van der Waals surface area contributed by atoms with Crippen molar-refractivity contribution in [3.8, 4) is 18.2 Å². The molecule has 5 nitrogen and oxygen atoms in total. The highest BCUT2D eigenvalue weighted by Gasteiger charge is 2.34. The van der Waals surface area contributed by atoms with E-state index in [4.69, 9.17) is 17.0 Å². The first kappa shape index (κ1) is 13.1.